The molecule has 0 heterocycles. The average Bonchev–Trinajstić information content (AvgIpc) is 2.99. The second-order valence-electron chi connectivity index (χ2n) is 12.9. The molecule has 0 fully saturated rings. The minimum absolute atomic E-state index is 0. The van der Waals surface area contributed by atoms with Crippen LogP contribution in [0, 0.1) is 0 Å². The largest absolute Gasteiger partial charge is 2.00 e. The maximum absolute atomic E-state index is 11.6. The molecule has 0 radical (unpaired) electrons. The van der Waals surface area contributed by atoms with Gasteiger partial charge in [-0.2, -0.15) is 0 Å². The molecule has 2 rings (SSSR count). The van der Waals surface area contributed by atoms with Gasteiger partial charge in [0.1, 0.15) is 20.2 Å². The summed E-state index contributed by atoms with van der Waals surface area (Å²) in [6.07, 6.45) is 39.5. The summed E-state index contributed by atoms with van der Waals surface area (Å²) in [5.41, 5.74) is 0. The molecule has 2 aliphatic carbocycles. The molecule has 0 bridgehead atoms. The fourth-order valence-corrected chi connectivity index (χ4v) is 7.98. The van der Waals surface area contributed by atoms with E-state index in [4.69, 9.17) is 0 Å². The first-order valence-corrected chi connectivity index (χ1v) is 20.4. The molecule has 0 saturated heterocycles. The first kappa shape index (κ1) is 45.0. The maximum atomic E-state index is 11.6. The minimum atomic E-state index is -4.29. The third kappa shape index (κ3) is 19.0. The summed E-state index contributed by atoms with van der Waals surface area (Å²) >= 11 is 0. The van der Waals surface area contributed by atoms with Gasteiger partial charge in [-0.1, -0.05) is 191 Å². The molecule has 2 atom stereocenters. The van der Waals surface area contributed by atoms with Gasteiger partial charge in [-0.3, -0.25) is 0 Å². The smallest absolute Gasteiger partial charge is 0.747 e. The molecular formula is C36H62CaO6S2. The van der Waals surface area contributed by atoms with Gasteiger partial charge in [0.15, 0.2) is 0 Å². The van der Waals surface area contributed by atoms with Gasteiger partial charge in [0.2, 0.25) is 0 Å². The topological polar surface area (TPSA) is 114 Å². The Morgan fingerprint density at radius 2 is 0.733 bits per heavy atom. The van der Waals surface area contributed by atoms with E-state index in [1.54, 1.807) is 36.5 Å². The number of hydrogen-bond donors (Lipinski definition) is 0. The van der Waals surface area contributed by atoms with Crippen LogP contribution in [0.4, 0.5) is 0 Å². The third-order valence-corrected chi connectivity index (χ3v) is 12.1. The average molecular weight is 695 g/mol. The second-order valence-corrected chi connectivity index (χ2v) is 16.3. The molecule has 0 amide bonds. The van der Waals surface area contributed by atoms with Gasteiger partial charge < -0.3 is 9.11 Å². The molecule has 2 unspecified atom stereocenters. The summed E-state index contributed by atoms with van der Waals surface area (Å²) in [4.78, 5) is 0. The van der Waals surface area contributed by atoms with Crippen LogP contribution < -0.4 is 0 Å². The Labute approximate surface area is 307 Å². The molecule has 0 aromatic heterocycles. The van der Waals surface area contributed by atoms with E-state index in [0.717, 1.165) is 38.5 Å². The first-order chi connectivity index (χ1) is 21.0. The predicted molar refractivity (Wildman–Crippen MR) is 189 cm³/mol. The molecule has 0 aliphatic heterocycles. The second kappa shape index (κ2) is 26.0. The van der Waals surface area contributed by atoms with E-state index in [2.05, 4.69) is 13.8 Å². The van der Waals surface area contributed by atoms with Crippen molar-refractivity contribution in [2.75, 3.05) is 0 Å². The zero-order valence-corrected chi connectivity index (χ0v) is 32.4. The molecule has 9 heteroatoms. The Bertz CT molecular complexity index is 995. The predicted octanol–water partition coefficient (Wildman–Crippen LogP) is 9.81. The van der Waals surface area contributed by atoms with Gasteiger partial charge in [0.05, 0.1) is 9.49 Å². The van der Waals surface area contributed by atoms with Gasteiger partial charge in [-0.05, 0) is 25.7 Å². The van der Waals surface area contributed by atoms with Gasteiger partial charge in [0.25, 0.3) is 0 Å². The summed E-state index contributed by atoms with van der Waals surface area (Å²) in [6, 6.07) is 0. The van der Waals surface area contributed by atoms with Crippen LogP contribution in [-0.4, -0.2) is 73.2 Å². The van der Waals surface area contributed by atoms with Gasteiger partial charge >= 0.3 is 37.7 Å². The Morgan fingerprint density at radius 3 is 0.956 bits per heavy atom. The Balaban J connectivity index is 0.000000842. The van der Waals surface area contributed by atoms with Crippen molar-refractivity contribution in [1.82, 2.24) is 0 Å². The van der Waals surface area contributed by atoms with Crippen molar-refractivity contribution in [3.05, 3.63) is 48.6 Å². The van der Waals surface area contributed by atoms with Crippen LogP contribution in [-0.2, 0) is 20.2 Å². The standard InChI is InChI=1S/2C18H32O3S.Ca/c2*1-2-3-4-5-6-7-8-9-10-12-15-18(22(19,20)21)16-13-11-14-17-18;/h2*11,13-14,16H,2-10,12,15,17H2,1H3,(H,19,20,21);/q;;+2/p-2. The number of allylic oxidation sites excluding steroid dienone is 6. The first-order valence-electron chi connectivity index (χ1n) is 17.6. The quantitative estimate of drug-likeness (QED) is 0.0564. The summed E-state index contributed by atoms with van der Waals surface area (Å²) in [7, 11) is -8.57. The maximum Gasteiger partial charge on any atom is 2.00 e. The van der Waals surface area contributed by atoms with Crippen LogP contribution in [0.2, 0.25) is 0 Å². The van der Waals surface area contributed by atoms with Gasteiger partial charge in [0, 0.05) is 0 Å². The van der Waals surface area contributed by atoms with E-state index >= 15 is 0 Å². The van der Waals surface area contributed by atoms with Gasteiger partial charge in [-0.15, -0.1) is 0 Å². The van der Waals surface area contributed by atoms with E-state index in [1.165, 1.54) is 89.9 Å². The molecule has 256 valence electrons. The number of unbranched alkanes of at least 4 members (excludes halogenated alkanes) is 18. The Kier molecular flexibility index (Phi) is 26.0. The molecule has 0 saturated carbocycles. The molecular weight excluding hydrogens is 633 g/mol. The van der Waals surface area contributed by atoms with E-state index < -0.39 is 29.7 Å². The number of rotatable bonds is 24. The van der Waals surface area contributed by atoms with Crippen LogP contribution in [0.3, 0.4) is 0 Å². The molecule has 0 aromatic carbocycles. The van der Waals surface area contributed by atoms with Crippen LogP contribution in [0.1, 0.15) is 168 Å². The monoisotopic (exact) mass is 694 g/mol. The fraction of sp³-hybridized carbons (Fsp3) is 0.778. The van der Waals surface area contributed by atoms with Crippen LogP contribution in [0.5, 0.6) is 0 Å². The molecule has 0 N–H and O–H groups in total. The summed E-state index contributed by atoms with van der Waals surface area (Å²) in [6.45, 7) is 4.46. The van der Waals surface area contributed by atoms with Crippen molar-refractivity contribution in [3.8, 4) is 0 Å². The summed E-state index contributed by atoms with van der Waals surface area (Å²) in [5.74, 6) is 0. The van der Waals surface area contributed by atoms with Crippen molar-refractivity contribution in [2.45, 2.75) is 177 Å². The van der Waals surface area contributed by atoms with Crippen molar-refractivity contribution >= 4 is 58.0 Å². The zero-order chi connectivity index (χ0) is 32.6. The summed E-state index contributed by atoms with van der Waals surface area (Å²) in [5, 5.41) is 0. The van der Waals surface area contributed by atoms with Crippen molar-refractivity contribution < 1.29 is 25.9 Å². The minimum Gasteiger partial charge on any atom is -0.747 e. The van der Waals surface area contributed by atoms with Crippen LogP contribution >= 0.6 is 0 Å². The Morgan fingerprint density at radius 1 is 0.467 bits per heavy atom. The van der Waals surface area contributed by atoms with Crippen LogP contribution in [0.25, 0.3) is 0 Å². The molecule has 45 heavy (non-hydrogen) atoms. The fourth-order valence-electron chi connectivity index (χ4n) is 6.11. The molecule has 0 spiro atoms. The van der Waals surface area contributed by atoms with Gasteiger partial charge in [-0.25, -0.2) is 16.8 Å². The van der Waals surface area contributed by atoms with E-state index in [9.17, 15) is 25.9 Å². The van der Waals surface area contributed by atoms with Crippen molar-refractivity contribution in [3.63, 3.8) is 0 Å². The van der Waals surface area contributed by atoms with Crippen LogP contribution in [0.15, 0.2) is 48.6 Å². The zero-order valence-electron chi connectivity index (χ0n) is 28.6. The molecule has 2 aliphatic rings. The van der Waals surface area contributed by atoms with E-state index in [-0.39, 0.29) is 37.7 Å². The number of hydrogen-bond acceptors (Lipinski definition) is 6. The molecule has 0 aromatic rings. The SMILES string of the molecule is CCCCCCCCCCCCC1(S(=O)(=O)[O-])C=CC=CC1.CCCCCCCCCCCCC1(S(=O)(=O)[O-])C=CC=CC1.[Ca+2]. The van der Waals surface area contributed by atoms with E-state index in [1.807, 2.05) is 12.2 Å². The van der Waals surface area contributed by atoms with Crippen molar-refractivity contribution in [1.29, 1.82) is 0 Å². The Hall–Kier alpha value is 0.0397. The third-order valence-electron chi connectivity index (χ3n) is 9.12. The van der Waals surface area contributed by atoms with Crippen molar-refractivity contribution in [2.24, 2.45) is 0 Å². The van der Waals surface area contributed by atoms with E-state index in [0.29, 0.717) is 25.7 Å². The normalized spacial score (nSPS) is 20.9. The molecule has 6 nitrogen and oxygen atoms in total. The summed E-state index contributed by atoms with van der Waals surface area (Å²) < 4.78 is 67.0.